The Labute approximate surface area is 181 Å². The molecule has 6 heteroatoms. The van der Waals surface area contributed by atoms with Crippen LogP contribution in [0.4, 0.5) is 0 Å². The highest BCUT2D eigenvalue weighted by atomic mass is 16.3. The van der Waals surface area contributed by atoms with Crippen LogP contribution in [0.3, 0.4) is 0 Å². The van der Waals surface area contributed by atoms with E-state index < -0.39 is 5.60 Å². The number of carbonyl (C=O) groups excluding carboxylic acids is 1. The van der Waals surface area contributed by atoms with Crippen LogP contribution in [0.25, 0.3) is 0 Å². The standard InChI is InChI=1S/C24H38N4O2/c29-23(26-19-24(30)10-2-1-3-11-24)21-7-5-13-28(18-21)22-8-14-27(15-9-22)17-20-6-4-12-25-16-20/h4,6,12,16,21-22,30H,1-3,5,7-11,13-15,17-19H2,(H,26,29)/t21-/m0/s1. The predicted molar refractivity (Wildman–Crippen MR) is 118 cm³/mol. The molecular weight excluding hydrogens is 376 g/mol. The number of pyridine rings is 1. The van der Waals surface area contributed by atoms with Crippen molar-refractivity contribution in [2.45, 2.75) is 76.0 Å². The summed E-state index contributed by atoms with van der Waals surface area (Å²) in [6, 6.07) is 4.75. The molecule has 3 fully saturated rings. The molecule has 0 spiro atoms. The van der Waals surface area contributed by atoms with Crippen LogP contribution in [-0.2, 0) is 11.3 Å². The first-order chi connectivity index (χ1) is 14.6. The normalized spacial score (nSPS) is 26.4. The molecule has 2 saturated heterocycles. The van der Waals surface area contributed by atoms with E-state index in [0.717, 1.165) is 71.2 Å². The van der Waals surface area contributed by atoms with E-state index in [1.807, 2.05) is 18.5 Å². The summed E-state index contributed by atoms with van der Waals surface area (Å²) in [7, 11) is 0. The highest BCUT2D eigenvalue weighted by molar-refractivity contribution is 5.79. The Bertz CT molecular complexity index is 669. The first-order valence-electron chi connectivity index (χ1n) is 12.0. The number of amides is 1. The van der Waals surface area contributed by atoms with E-state index in [2.05, 4.69) is 26.2 Å². The second kappa shape index (κ2) is 10.2. The van der Waals surface area contributed by atoms with Gasteiger partial charge in [0.15, 0.2) is 0 Å². The first-order valence-corrected chi connectivity index (χ1v) is 12.0. The number of hydrogen-bond acceptors (Lipinski definition) is 5. The van der Waals surface area contributed by atoms with Crippen LogP contribution in [0.5, 0.6) is 0 Å². The van der Waals surface area contributed by atoms with Crippen molar-refractivity contribution in [3.05, 3.63) is 30.1 Å². The summed E-state index contributed by atoms with van der Waals surface area (Å²) in [5.41, 5.74) is 0.605. The summed E-state index contributed by atoms with van der Waals surface area (Å²) in [4.78, 5) is 22.1. The Morgan fingerprint density at radius 3 is 2.67 bits per heavy atom. The smallest absolute Gasteiger partial charge is 0.224 e. The number of piperidine rings is 2. The maximum absolute atomic E-state index is 12.8. The van der Waals surface area contributed by atoms with Crippen LogP contribution >= 0.6 is 0 Å². The monoisotopic (exact) mass is 414 g/mol. The van der Waals surface area contributed by atoms with Crippen molar-refractivity contribution in [1.29, 1.82) is 0 Å². The van der Waals surface area contributed by atoms with Gasteiger partial charge in [0.1, 0.15) is 0 Å². The zero-order valence-corrected chi connectivity index (χ0v) is 18.3. The van der Waals surface area contributed by atoms with Gasteiger partial charge in [-0.2, -0.15) is 0 Å². The fourth-order valence-corrected chi connectivity index (χ4v) is 5.53. The topological polar surface area (TPSA) is 68.7 Å². The molecule has 0 unspecified atom stereocenters. The third kappa shape index (κ3) is 5.80. The van der Waals surface area contributed by atoms with E-state index in [-0.39, 0.29) is 11.8 Å². The molecule has 6 nitrogen and oxygen atoms in total. The lowest BCUT2D eigenvalue weighted by Crippen LogP contribution is -2.52. The van der Waals surface area contributed by atoms with Gasteiger partial charge in [0.25, 0.3) is 0 Å². The molecule has 2 N–H and O–H groups in total. The molecule has 166 valence electrons. The van der Waals surface area contributed by atoms with E-state index in [1.165, 1.54) is 24.8 Å². The zero-order valence-electron chi connectivity index (χ0n) is 18.3. The molecule has 0 aromatic carbocycles. The summed E-state index contributed by atoms with van der Waals surface area (Å²) < 4.78 is 0. The van der Waals surface area contributed by atoms with E-state index in [4.69, 9.17) is 0 Å². The summed E-state index contributed by atoms with van der Waals surface area (Å²) >= 11 is 0. The molecule has 4 rings (SSSR count). The largest absolute Gasteiger partial charge is 0.388 e. The lowest BCUT2D eigenvalue weighted by molar-refractivity contribution is -0.128. The molecule has 3 aliphatic rings. The number of rotatable bonds is 6. The Hall–Kier alpha value is -1.50. The van der Waals surface area contributed by atoms with Gasteiger partial charge in [0.05, 0.1) is 11.5 Å². The second-order valence-electron chi connectivity index (χ2n) is 9.71. The van der Waals surface area contributed by atoms with E-state index in [1.54, 1.807) is 0 Å². The molecule has 1 saturated carbocycles. The molecule has 3 heterocycles. The Kier molecular flexibility index (Phi) is 7.39. The number of likely N-dealkylation sites (tertiary alicyclic amines) is 2. The number of aromatic nitrogens is 1. The predicted octanol–water partition coefficient (Wildman–Crippen LogP) is 2.57. The van der Waals surface area contributed by atoms with E-state index in [9.17, 15) is 9.90 Å². The number of aliphatic hydroxyl groups is 1. The van der Waals surface area contributed by atoms with Crippen LogP contribution in [0, 0.1) is 5.92 Å². The maximum atomic E-state index is 12.8. The quantitative estimate of drug-likeness (QED) is 0.749. The molecule has 1 aromatic heterocycles. The molecule has 1 aromatic rings. The summed E-state index contributed by atoms with van der Waals surface area (Å²) in [6.07, 6.45) is 13.2. The summed E-state index contributed by atoms with van der Waals surface area (Å²) in [6.45, 7) is 5.61. The van der Waals surface area contributed by atoms with Crippen molar-refractivity contribution >= 4 is 5.91 Å². The third-order valence-corrected chi connectivity index (χ3v) is 7.40. The lowest BCUT2D eigenvalue weighted by Gasteiger charge is -2.42. The van der Waals surface area contributed by atoms with Crippen LogP contribution < -0.4 is 5.32 Å². The van der Waals surface area contributed by atoms with Gasteiger partial charge < -0.3 is 10.4 Å². The second-order valence-corrected chi connectivity index (χ2v) is 9.71. The fourth-order valence-electron chi connectivity index (χ4n) is 5.53. The van der Waals surface area contributed by atoms with Crippen molar-refractivity contribution < 1.29 is 9.90 Å². The number of nitrogens with one attached hydrogen (secondary N) is 1. The third-order valence-electron chi connectivity index (χ3n) is 7.40. The van der Waals surface area contributed by atoms with Gasteiger partial charge in [-0.1, -0.05) is 25.3 Å². The van der Waals surface area contributed by atoms with E-state index >= 15 is 0 Å². The van der Waals surface area contributed by atoms with Crippen LogP contribution in [-0.4, -0.2) is 70.2 Å². The molecule has 1 aliphatic carbocycles. The molecule has 2 aliphatic heterocycles. The van der Waals surface area contributed by atoms with Gasteiger partial charge in [-0.3, -0.25) is 19.6 Å². The van der Waals surface area contributed by atoms with Crippen molar-refractivity contribution in [3.63, 3.8) is 0 Å². The molecule has 0 bridgehead atoms. The van der Waals surface area contributed by atoms with Crippen molar-refractivity contribution in [3.8, 4) is 0 Å². The van der Waals surface area contributed by atoms with Gasteiger partial charge in [-0.15, -0.1) is 0 Å². The maximum Gasteiger partial charge on any atom is 0.224 e. The molecule has 30 heavy (non-hydrogen) atoms. The first kappa shape index (κ1) is 21.7. The van der Waals surface area contributed by atoms with Crippen LogP contribution in [0.1, 0.15) is 63.4 Å². The van der Waals surface area contributed by atoms with Gasteiger partial charge >= 0.3 is 0 Å². The van der Waals surface area contributed by atoms with Gasteiger partial charge in [0, 0.05) is 38.1 Å². The fraction of sp³-hybridized carbons (Fsp3) is 0.750. The highest BCUT2D eigenvalue weighted by Crippen LogP contribution is 2.28. The Morgan fingerprint density at radius 1 is 1.13 bits per heavy atom. The molecule has 1 atom stereocenters. The minimum absolute atomic E-state index is 0.0689. The minimum Gasteiger partial charge on any atom is -0.388 e. The molecule has 1 amide bonds. The van der Waals surface area contributed by atoms with Gasteiger partial charge in [0.2, 0.25) is 5.91 Å². The molecule has 0 radical (unpaired) electrons. The lowest BCUT2D eigenvalue weighted by atomic mass is 9.84. The summed E-state index contributed by atoms with van der Waals surface area (Å²) in [5, 5.41) is 13.8. The number of hydrogen-bond donors (Lipinski definition) is 2. The number of carbonyl (C=O) groups is 1. The Balaban J connectivity index is 1.21. The zero-order chi connectivity index (χ0) is 20.8. The van der Waals surface area contributed by atoms with Crippen molar-refractivity contribution in [2.75, 3.05) is 32.7 Å². The summed E-state index contributed by atoms with van der Waals surface area (Å²) in [5.74, 6) is 0.215. The SMILES string of the molecule is O=C(NCC1(O)CCCCC1)[C@H]1CCCN(C2CCN(Cc3cccnc3)CC2)C1. The van der Waals surface area contributed by atoms with Crippen LogP contribution in [0.2, 0.25) is 0 Å². The van der Waals surface area contributed by atoms with Gasteiger partial charge in [-0.25, -0.2) is 0 Å². The van der Waals surface area contributed by atoms with E-state index in [0.29, 0.717) is 12.6 Å². The molecular formula is C24H38N4O2. The van der Waals surface area contributed by atoms with Crippen molar-refractivity contribution in [1.82, 2.24) is 20.1 Å². The highest BCUT2D eigenvalue weighted by Gasteiger charge is 2.34. The average Bonchev–Trinajstić information content (AvgIpc) is 2.79. The number of nitrogens with zero attached hydrogens (tertiary/aromatic N) is 3. The Morgan fingerprint density at radius 2 is 1.93 bits per heavy atom. The van der Waals surface area contributed by atoms with Crippen molar-refractivity contribution in [2.24, 2.45) is 5.92 Å². The van der Waals surface area contributed by atoms with Crippen LogP contribution in [0.15, 0.2) is 24.5 Å². The van der Waals surface area contributed by atoms with Gasteiger partial charge in [-0.05, 0) is 69.8 Å². The minimum atomic E-state index is -0.677. The average molecular weight is 415 g/mol.